The highest BCUT2D eigenvalue weighted by Gasteiger charge is 2.16. The van der Waals surface area contributed by atoms with E-state index in [-0.39, 0.29) is 0 Å². The third kappa shape index (κ3) is 3.64. The molecule has 1 heteroatoms. The molecule has 0 spiro atoms. The van der Waals surface area contributed by atoms with E-state index in [0.29, 0.717) is 0 Å². The zero-order valence-electron chi connectivity index (χ0n) is 11.1. The Kier molecular flexibility index (Phi) is 5.54. The zero-order chi connectivity index (χ0) is 12.0. The molecule has 1 nitrogen and oxygen atoms in total. The molecule has 90 valence electrons. The third-order valence-corrected chi connectivity index (χ3v) is 3.66. The van der Waals surface area contributed by atoms with E-state index in [4.69, 9.17) is 0 Å². The van der Waals surface area contributed by atoms with Crippen LogP contribution in [0.4, 0.5) is 0 Å². The number of hydrogen-bond donors (Lipinski definition) is 1. The summed E-state index contributed by atoms with van der Waals surface area (Å²) in [6.07, 6.45) is 2.46. The van der Waals surface area contributed by atoms with Crippen molar-refractivity contribution in [2.24, 2.45) is 11.8 Å². The van der Waals surface area contributed by atoms with E-state index in [1.807, 2.05) is 7.05 Å². The van der Waals surface area contributed by atoms with Crippen LogP contribution in [0.2, 0.25) is 0 Å². The van der Waals surface area contributed by atoms with Crippen LogP contribution in [-0.2, 0) is 6.42 Å². The highest BCUT2D eigenvalue weighted by molar-refractivity contribution is 5.26. The molecule has 0 aliphatic heterocycles. The van der Waals surface area contributed by atoms with Crippen LogP contribution in [0, 0.1) is 18.8 Å². The molecule has 0 aliphatic rings. The van der Waals surface area contributed by atoms with Crippen molar-refractivity contribution in [1.29, 1.82) is 0 Å². The van der Waals surface area contributed by atoms with Crippen molar-refractivity contribution in [3.63, 3.8) is 0 Å². The normalized spacial score (nSPS) is 14.8. The van der Waals surface area contributed by atoms with Crippen molar-refractivity contribution in [3.05, 3.63) is 35.4 Å². The molecule has 0 saturated heterocycles. The highest BCUT2D eigenvalue weighted by Crippen LogP contribution is 2.21. The molecule has 0 aliphatic carbocycles. The molecule has 0 heterocycles. The molecule has 0 aromatic heterocycles. The fourth-order valence-electron chi connectivity index (χ4n) is 2.19. The van der Waals surface area contributed by atoms with E-state index in [1.165, 1.54) is 24.0 Å². The van der Waals surface area contributed by atoms with Gasteiger partial charge in [-0.25, -0.2) is 0 Å². The Morgan fingerprint density at radius 3 is 2.50 bits per heavy atom. The maximum Gasteiger partial charge on any atom is -0.00178 e. The molecule has 0 radical (unpaired) electrons. The van der Waals surface area contributed by atoms with E-state index in [9.17, 15) is 0 Å². The van der Waals surface area contributed by atoms with E-state index in [2.05, 4.69) is 50.4 Å². The first-order valence-corrected chi connectivity index (χ1v) is 6.38. The molecule has 0 bridgehead atoms. The molecule has 2 atom stereocenters. The maximum atomic E-state index is 3.32. The molecule has 0 saturated carbocycles. The van der Waals surface area contributed by atoms with Gasteiger partial charge in [-0.1, -0.05) is 44.5 Å². The van der Waals surface area contributed by atoms with Crippen molar-refractivity contribution in [2.45, 2.75) is 33.6 Å². The Bertz CT molecular complexity index is 306. The Balaban J connectivity index is 2.71. The summed E-state index contributed by atoms with van der Waals surface area (Å²) in [6, 6.07) is 8.74. The maximum absolute atomic E-state index is 3.32. The van der Waals surface area contributed by atoms with Crippen LogP contribution in [0.1, 0.15) is 31.4 Å². The van der Waals surface area contributed by atoms with Gasteiger partial charge in [0.05, 0.1) is 0 Å². The molecule has 1 aromatic rings. The average molecular weight is 219 g/mol. The van der Waals surface area contributed by atoms with Crippen LogP contribution in [0.25, 0.3) is 0 Å². The van der Waals surface area contributed by atoms with Gasteiger partial charge in [-0.15, -0.1) is 0 Å². The Hall–Kier alpha value is -0.820. The molecule has 0 amide bonds. The van der Waals surface area contributed by atoms with Crippen LogP contribution >= 0.6 is 0 Å². The van der Waals surface area contributed by atoms with Gasteiger partial charge < -0.3 is 5.32 Å². The predicted octanol–water partition coefficient (Wildman–Crippen LogP) is 3.42. The predicted molar refractivity (Wildman–Crippen MR) is 71.8 cm³/mol. The quantitative estimate of drug-likeness (QED) is 0.773. The van der Waals surface area contributed by atoms with Gasteiger partial charge in [0.15, 0.2) is 0 Å². The molecule has 1 N–H and O–H groups in total. The van der Waals surface area contributed by atoms with Crippen LogP contribution in [-0.4, -0.2) is 13.6 Å². The van der Waals surface area contributed by atoms with Gasteiger partial charge in [-0.3, -0.25) is 0 Å². The fraction of sp³-hybridized carbons (Fsp3) is 0.600. The minimum absolute atomic E-state index is 0.746. The van der Waals surface area contributed by atoms with Gasteiger partial charge in [0.2, 0.25) is 0 Å². The van der Waals surface area contributed by atoms with E-state index in [0.717, 1.165) is 18.4 Å². The Morgan fingerprint density at radius 2 is 1.94 bits per heavy atom. The van der Waals surface area contributed by atoms with Crippen LogP contribution in [0.3, 0.4) is 0 Å². The van der Waals surface area contributed by atoms with Crippen LogP contribution in [0.15, 0.2) is 24.3 Å². The molecular formula is C15H25N. The van der Waals surface area contributed by atoms with E-state index < -0.39 is 0 Å². The van der Waals surface area contributed by atoms with Crippen molar-refractivity contribution in [3.8, 4) is 0 Å². The average Bonchev–Trinajstić information content (AvgIpc) is 2.30. The van der Waals surface area contributed by atoms with Crippen molar-refractivity contribution in [1.82, 2.24) is 5.32 Å². The SMILES string of the molecule is CCC(C)C(CNC)Cc1ccccc1C. The second-order valence-electron chi connectivity index (χ2n) is 4.83. The number of hydrogen-bond acceptors (Lipinski definition) is 1. The number of rotatable bonds is 6. The van der Waals surface area contributed by atoms with Gasteiger partial charge >= 0.3 is 0 Å². The topological polar surface area (TPSA) is 12.0 Å². The zero-order valence-corrected chi connectivity index (χ0v) is 11.1. The Labute approximate surface area is 100 Å². The van der Waals surface area contributed by atoms with Gasteiger partial charge in [0.1, 0.15) is 0 Å². The van der Waals surface area contributed by atoms with Gasteiger partial charge in [-0.05, 0) is 49.9 Å². The van der Waals surface area contributed by atoms with Crippen molar-refractivity contribution < 1.29 is 0 Å². The molecular weight excluding hydrogens is 194 g/mol. The summed E-state index contributed by atoms with van der Waals surface area (Å²) in [6.45, 7) is 7.97. The second-order valence-corrected chi connectivity index (χ2v) is 4.83. The summed E-state index contributed by atoms with van der Waals surface area (Å²) in [5.41, 5.74) is 2.93. The van der Waals surface area contributed by atoms with Crippen LogP contribution in [0.5, 0.6) is 0 Å². The summed E-state index contributed by atoms with van der Waals surface area (Å²) in [4.78, 5) is 0. The number of aryl methyl sites for hydroxylation is 1. The van der Waals surface area contributed by atoms with Gasteiger partial charge in [-0.2, -0.15) is 0 Å². The first-order valence-electron chi connectivity index (χ1n) is 6.38. The second kappa shape index (κ2) is 6.70. The molecule has 1 aromatic carbocycles. The smallest absolute Gasteiger partial charge is 0.00178 e. The van der Waals surface area contributed by atoms with E-state index >= 15 is 0 Å². The summed E-state index contributed by atoms with van der Waals surface area (Å²) < 4.78 is 0. The lowest BCUT2D eigenvalue weighted by Crippen LogP contribution is -2.26. The highest BCUT2D eigenvalue weighted by atomic mass is 14.8. The summed E-state index contributed by atoms with van der Waals surface area (Å²) in [5, 5.41) is 3.32. The van der Waals surface area contributed by atoms with Gasteiger partial charge in [0, 0.05) is 0 Å². The largest absolute Gasteiger partial charge is 0.319 e. The lowest BCUT2D eigenvalue weighted by molar-refractivity contribution is 0.336. The summed E-state index contributed by atoms with van der Waals surface area (Å²) in [5.74, 6) is 1.53. The Morgan fingerprint density at radius 1 is 1.25 bits per heavy atom. The minimum Gasteiger partial charge on any atom is -0.319 e. The summed E-state index contributed by atoms with van der Waals surface area (Å²) in [7, 11) is 2.05. The third-order valence-electron chi connectivity index (χ3n) is 3.66. The lowest BCUT2D eigenvalue weighted by atomic mass is 9.85. The standard InChI is InChI=1S/C15H25N/c1-5-12(2)15(11-16-4)10-14-9-7-6-8-13(14)3/h6-9,12,15-16H,5,10-11H2,1-4H3. The van der Waals surface area contributed by atoms with Gasteiger partial charge in [0.25, 0.3) is 0 Å². The number of benzene rings is 1. The molecule has 2 unspecified atom stereocenters. The fourth-order valence-corrected chi connectivity index (χ4v) is 2.19. The first-order chi connectivity index (χ1) is 7.69. The molecule has 16 heavy (non-hydrogen) atoms. The minimum atomic E-state index is 0.746. The van der Waals surface area contributed by atoms with E-state index in [1.54, 1.807) is 0 Å². The molecule has 1 rings (SSSR count). The summed E-state index contributed by atoms with van der Waals surface area (Å²) >= 11 is 0. The van der Waals surface area contributed by atoms with Crippen molar-refractivity contribution >= 4 is 0 Å². The van der Waals surface area contributed by atoms with Crippen LogP contribution < -0.4 is 5.32 Å². The molecule has 0 fully saturated rings. The first kappa shape index (κ1) is 13.2. The monoisotopic (exact) mass is 219 g/mol. The lowest BCUT2D eigenvalue weighted by Gasteiger charge is -2.23. The van der Waals surface area contributed by atoms with Crippen molar-refractivity contribution in [2.75, 3.05) is 13.6 Å². The number of nitrogens with one attached hydrogen (secondary N) is 1.